The lowest BCUT2D eigenvalue weighted by molar-refractivity contribution is 0.270. The molecule has 1 heterocycles. The zero-order valence-corrected chi connectivity index (χ0v) is 22.6. The molecule has 0 aliphatic carbocycles. The minimum atomic E-state index is -0.208. The number of H-pyrrole nitrogens is 1. The monoisotopic (exact) mass is 473 g/mol. The van der Waals surface area contributed by atoms with Gasteiger partial charge in [0.1, 0.15) is 17.4 Å². The average Bonchev–Trinajstić information content (AvgIpc) is 3.25. The highest BCUT2D eigenvalue weighted by Gasteiger charge is 2.07. The smallest absolute Gasteiger partial charge is 0.128 e. The second-order valence-electron chi connectivity index (χ2n) is 7.79. The molecule has 0 radical (unpaired) electrons. The van der Waals surface area contributed by atoms with Crippen molar-refractivity contribution >= 4 is 11.0 Å². The number of hydrogen-bond acceptors (Lipinski definition) is 4. The van der Waals surface area contributed by atoms with E-state index in [-0.39, 0.29) is 5.82 Å². The quantitative estimate of drug-likeness (QED) is 0.368. The lowest BCUT2D eigenvalue weighted by Gasteiger charge is -2.07. The Morgan fingerprint density at radius 1 is 1.03 bits per heavy atom. The molecule has 0 unspecified atom stereocenters. The largest absolute Gasteiger partial charge is 0.502 e. The van der Waals surface area contributed by atoms with Crippen LogP contribution in [0.25, 0.3) is 11.0 Å². The summed E-state index contributed by atoms with van der Waals surface area (Å²) < 4.78 is 22.9. The molecule has 3 aromatic rings. The number of ether oxygens (including phenoxy) is 2. The van der Waals surface area contributed by atoms with Gasteiger partial charge in [-0.15, -0.1) is 0 Å². The van der Waals surface area contributed by atoms with E-state index in [1.807, 2.05) is 14.0 Å². The number of aryl methyl sites for hydroxylation is 3. The summed E-state index contributed by atoms with van der Waals surface area (Å²) in [6.45, 7) is 19.1. The van der Waals surface area contributed by atoms with Crippen LogP contribution in [0.3, 0.4) is 0 Å². The molecule has 0 aliphatic heterocycles. The minimum absolute atomic E-state index is 0.208. The zero-order chi connectivity index (χ0) is 26.1. The molecule has 2 aromatic carbocycles. The number of aromatic amines is 1. The molecule has 190 valence electrons. The van der Waals surface area contributed by atoms with Crippen molar-refractivity contribution in [1.82, 2.24) is 15.3 Å². The van der Waals surface area contributed by atoms with Gasteiger partial charge >= 0.3 is 0 Å². The third-order valence-electron chi connectivity index (χ3n) is 5.16. The zero-order valence-electron chi connectivity index (χ0n) is 22.6. The van der Waals surface area contributed by atoms with Crippen molar-refractivity contribution in [3.05, 3.63) is 71.0 Å². The summed E-state index contributed by atoms with van der Waals surface area (Å²) in [5, 5.41) is 2.99. The topological polar surface area (TPSA) is 59.2 Å². The van der Waals surface area contributed by atoms with E-state index in [1.54, 1.807) is 20.1 Å². The van der Waals surface area contributed by atoms with E-state index in [1.165, 1.54) is 41.9 Å². The van der Waals surface area contributed by atoms with Crippen molar-refractivity contribution in [1.29, 1.82) is 0 Å². The van der Waals surface area contributed by atoms with E-state index >= 15 is 0 Å². The summed E-state index contributed by atoms with van der Waals surface area (Å²) in [5.74, 6) is 1.57. The maximum Gasteiger partial charge on any atom is 0.128 e. The summed E-state index contributed by atoms with van der Waals surface area (Å²) >= 11 is 0. The van der Waals surface area contributed by atoms with Crippen molar-refractivity contribution in [2.45, 2.75) is 67.9 Å². The summed E-state index contributed by atoms with van der Waals surface area (Å²) in [5.41, 5.74) is 6.14. The van der Waals surface area contributed by atoms with Crippen LogP contribution in [0.5, 0.6) is 5.75 Å². The van der Waals surface area contributed by atoms with Crippen LogP contribution in [0.1, 0.15) is 61.7 Å². The number of nitrogens with one attached hydrogen (secondary N) is 2. The van der Waals surface area contributed by atoms with Gasteiger partial charge in [0.15, 0.2) is 0 Å². The van der Waals surface area contributed by atoms with Crippen LogP contribution in [-0.4, -0.2) is 30.7 Å². The Labute approximate surface area is 205 Å². The Kier molecular flexibility index (Phi) is 16.1. The first-order valence-electron chi connectivity index (χ1n) is 11.8. The number of nitrogens with zero attached hydrogens (tertiary/aromatic N) is 1. The van der Waals surface area contributed by atoms with Crippen molar-refractivity contribution in [2.24, 2.45) is 0 Å². The fourth-order valence-corrected chi connectivity index (χ4v) is 2.72. The van der Waals surface area contributed by atoms with Gasteiger partial charge in [0.25, 0.3) is 0 Å². The van der Waals surface area contributed by atoms with E-state index < -0.39 is 0 Å². The average molecular weight is 474 g/mol. The highest BCUT2D eigenvalue weighted by Crippen LogP contribution is 2.20. The predicted octanol–water partition coefficient (Wildman–Crippen LogP) is 7.32. The molecule has 0 saturated heterocycles. The van der Waals surface area contributed by atoms with Gasteiger partial charge in [-0.2, -0.15) is 0 Å². The van der Waals surface area contributed by atoms with Gasteiger partial charge in [-0.25, -0.2) is 9.37 Å². The SMILES string of the molecule is C=COCC.CCCC.CNCc1nc2c(C)c(F)ccc2[nH]1.COc1cc(C)c(C)c(C)c1. The number of rotatable bonds is 6. The molecule has 0 aliphatic rings. The highest BCUT2D eigenvalue weighted by atomic mass is 19.1. The lowest BCUT2D eigenvalue weighted by atomic mass is 10.0. The summed E-state index contributed by atoms with van der Waals surface area (Å²) in [6, 6.07) is 7.29. The molecule has 6 heteroatoms. The number of imidazole rings is 1. The molecule has 0 atom stereocenters. The lowest BCUT2D eigenvalue weighted by Crippen LogP contribution is -2.06. The first-order chi connectivity index (χ1) is 16.2. The van der Waals surface area contributed by atoms with Gasteiger partial charge in [-0.1, -0.05) is 33.3 Å². The van der Waals surface area contributed by atoms with Crippen LogP contribution in [0.4, 0.5) is 4.39 Å². The summed E-state index contributed by atoms with van der Waals surface area (Å²) in [4.78, 5) is 7.43. The van der Waals surface area contributed by atoms with Crippen molar-refractivity contribution in [3.63, 3.8) is 0 Å². The molecule has 1 aromatic heterocycles. The molecule has 5 nitrogen and oxygen atoms in total. The van der Waals surface area contributed by atoms with Crippen molar-refractivity contribution in [3.8, 4) is 5.75 Å². The Hall–Kier alpha value is -2.86. The minimum Gasteiger partial charge on any atom is -0.502 e. The molecule has 0 amide bonds. The number of aromatic nitrogens is 2. The van der Waals surface area contributed by atoms with E-state index in [4.69, 9.17) is 4.74 Å². The fraction of sp³-hybridized carbons (Fsp3) is 0.464. The Bertz CT molecular complexity index is 958. The first-order valence-corrected chi connectivity index (χ1v) is 11.8. The summed E-state index contributed by atoms with van der Waals surface area (Å²) in [6.07, 6.45) is 4.07. The maximum absolute atomic E-state index is 13.2. The van der Waals surface area contributed by atoms with Crippen LogP contribution >= 0.6 is 0 Å². The van der Waals surface area contributed by atoms with Crippen LogP contribution in [-0.2, 0) is 11.3 Å². The van der Waals surface area contributed by atoms with E-state index in [0.717, 1.165) is 29.2 Å². The molecule has 3 rings (SSSR count). The molecule has 34 heavy (non-hydrogen) atoms. The molecular weight excluding hydrogens is 429 g/mol. The van der Waals surface area contributed by atoms with Gasteiger partial charge in [0.2, 0.25) is 0 Å². The van der Waals surface area contributed by atoms with Gasteiger partial charge in [-0.3, -0.25) is 0 Å². The number of unbranched alkanes of at least 4 members (excludes halogenated alkanes) is 1. The number of halogens is 1. The van der Waals surface area contributed by atoms with E-state index in [2.05, 4.69) is 73.4 Å². The van der Waals surface area contributed by atoms with Crippen molar-refractivity contribution in [2.75, 3.05) is 20.8 Å². The molecule has 0 bridgehead atoms. The number of hydrogen-bond donors (Lipinski definition) is 2. The molecule has 0 saturated carbocycles. The van der Waals surface area contributed by atoms with E-state index in [9.17, 15) is 4.39 Å². The molecule has 0 fully saturated rings. The van der Waals surface area contributed by atoms with Crippen molar-refractivity contribution < 1.29 is 13.9 Å². The fourth-order valence-electron chi connectivity index (χ4n) is 2.72. The van der Waals surface area contributed by atoms with Gasteiger partial charge in [0, 0.05) is 5.56 Å². The van der Waals surface area contributed by atoms with Gasteiger partial charge in [-0.05, 0) is 82.6 Å². The maximum atomic E-state index is 13.2. The third kappa shape index (κ3) is 10.8. The van der Waals surface area contributed by atoms with Crippen LogP contribution in [0.15, 0.2) is 37.1 Å². The molecular formula is C28H44FN3O2. The van der Waals surface area contributed by atoms with Gasteiger partial charge in [0.05, 0.1) is 37.6 Å². The second kappa shape index (κ2) is 17.6. The van der Waals surface area contributed by atoms with Crippen LogP contribution in [0.2, 0.25) is 0 Å². The standard InChI is InChI=1S/C10H12FN3.C10H14O.C4H8O.C4H10/c1-6-7(11)3-4-8-10(6)14-9(13-8)5-12-2;1-7-5-10(11-4)6-8(2)9(7)3;1-3-5-4-2;1-3-4-2/h3-4,12H,5H2,1-2H3,(H,13,14);5-6H,1-4H3;3H,1,4H2,2H3;3-4H2,1-2H3. The Morgan fingerprint density at radius 2 is 1.62 bits per heavy atom. The second-order valence-corrected chi connectivity index (χ2v) is 7.79. The Morgan fingerprint density at radius 3 is 2.03 bits per heavy atom. The van der Waals surface area contributed by atoms with Crippen LogP contribution < -0.4 is 10.1 Å². The molecule has 2 N–H and O–H groups in total. The number of methoxy groups -OCH3 is 1. The van der Waals surface area contributed by atoms with Crippen LogP contribution in [0, 0.1) is 33.5 Å². The highest BCUT2D eigenvalue weighted by molar-refractivity contribution is 5.78. The summed E-state index contributed by atoms with van der Waals surface area (Å²) in [7, 11) is 3.55. The third-order valence-corrected chi connectivity index (χ3v) is 5.16. The molecule has 0 spiro atoms. The van der Waals surface area contributed by atoms with E-state index in [0.29, 0.717) is 12.1 Å². The first kappa shape index (κ1) is 31.1. The normalized spacial score (nSPS) is 9.59. The Balaban J connectivity index is 0.000000484. The predicted molar refractivity (Wildman–Crippen MR) is 143 cm³/mol. The van der Waals surface area contributed by atoms with Gasteiger partial charge < -0.3 is 19.8 Å². The number of benzene rings is 2. The number of fused-ring (bicyclic) bond motifs is 1.